The van der Waals surface area contributed by atoms with Crippen molar-refractivity contribution < 1.29 is 23.5 Å². The van der Waals surface area contributed by atoms with Gasteiger partial charge in [0.15, 0.2) is 11.6 Å². The van der Waals surface area contributed by atoms with Gasteiger partial charge in [0.25, 0.3) is 5.91 Å². The van der Waals surface area contributed by atoms with Gasteiger partial charge in [-0.1, -0.05) is 0 Å². The number of amides is 1. The van der Waals surface area contributed by atoms with Gasteiger partial charge in [0, 0.05) is 48.0 Å². The van der Waals surface area contributed by atoms with Crippen molar-refractivity contribution in [3.8, 4) is 11.4 Å². The number of carbonyl (C=O) groups excluding carboxylic acids is 1. The van der Waals surface area contributed by atoms with E-state index in [1.165, 1.54) is 5.48 Å². The maximum Gasteiger partial charge on any atom is 0.277 e. The first-order valence-electron chi connectivity index (χ1n) is 10.5. The molecule has 1 aliphatic rings. The van der Waals surface area contributed by atoms with Crippen LogP contribution in [0.1, 0.15) is 10.4 Å². The minimum Gasteiger partial charge on any atom is -0.755 e. The van der Waals surface area contributed by atoms with E-state index in [4.69, 9.17) is 25.6 Å². The largest absolute Gasteiger partial charge is 0.755 e. The lowest BCUT2D eigenvalue weighted by Gasteiger charge is -2.28. The third kappa shape index (κ3) is 6.27. The molecule has 4 aromatic rings. The number of rotatable bonds is 5. The minimum absolute atomic E-state index is 0.00901. The molecule has 0 aliphatic carbocycles. The Morgan fingerprint density at radius 1 is 1.14 bits per heavy atom. The Bertz CT molecular complexity index is 1340. The average Bonchev–Trinajstić information content (AvgIpc) is 3.38. The number of morpholine rings is 1. The third-order valence-electron chi connectivity index (χ3n) is 4.96. The molecule has 188 valence electrons. The van der Waals surface area contributed by atoms with Crippen LogP contribution in [0.15, 0.2) is 48.1 Å². The van der Waals surface area contributed by atoms with Crippen molar-refractivity contribution in [2.45, 2.75) is 0 Å². The van der Waals surface area contributed by atoms with Crippen LogP contribution in [-0.4, -0.2) is 66.1 Å². The van der Waals surface area contributed by atoms with Crippen molar-refractivity contribution >= 4 is 56.2 Å². The number of benzene rings is 1. The predicted molar refractivity (Wildman–Crippen MR) is 134 cm³/mol. The number of nitrogens with one attached hydrogen (secondary N) is 2. The van der Waals surface area contributed by atoms with Crippen LogP contribution >= 0.6 is 11.3 Å². The van der Waals surface area contributed by atoms with Gasteiger partial charge in [0.1, 0.15) is 0 Å². The highest BCUT2D eigenvalue weighted by molar-refractivity contribution is 7.80. The van der Waals surface area contributed by atoms with Crippen LogP contribution in [0.4, 0.5) is 17.5 Å². The molecule has 1 atom stereocenters. The molecule has 3 aromatic heterocycles. The van der Waals surface area contributed by atoms with Gasteiger partial charge in [0.05, 0.1) is 29.0 Å². The summed E-state index contributed by atoms with van der Waals surface area (Å²) in [7, 11) is 0. The van der Waals surface area contributed by atoms with Crippen LogP contribution in [-0.2, 0) is 16.0 Å². The lowest BCUT2D eigenvalue weighted by atomic mass is 10.2. The molecular weight excluding hydrogens is 508 g/mol. The average molecular weight is 530 g/mol. The number of aromatic nitrogens is 4. The molecule has 1 aromatic carbocycles. The second-order valence-electron chi connectivity index (χ2n) is 7.30. The number of fused-ring (bicyclic) bond motifs is 1. The number of nitrogens with zero attached hydrogens (tertiary/aromatic N) is 5. The molecular formula is C21H21N8O5S2-. The van der Waals surface area contributed by atoms with Crippen LogP contribution in [0, 0.1) is 0 Å². The Morgan fingerprint density at radius 2 is 1.83 bits per heavy atom. The van der Waals surface area contributed by atoms with Crippen molar-refractivity contribution in [3.05, 3.63) is 53.7 Å². The number of hydrogen-bond donors (Lipinski definition) is 4. The van der Waals surface area contributed by atoms with Crippen LogP contribution in [0.25, 0.3) is 21.6 Å². The maximum absolute atomic E-state index is 10.8. The Morgan fingerprint density at radius 3 is 2.47 bits per heavy atom. The summed E-state index contributed by atoms with van der Waals surface area (Å²) in [6.07, 6.45) is 2.13. The maximum atomic E-state index is 10.8. The summed E-state index contributed by atoms with van der Waals surface area (Å²) in [6.45, 7) is 3.22. The van der Waals surface area contributed by atoms with Crippen molar-refractivity contribution in [3.63, 3.8) is 0 Å². The van der Waals surface area contributed by atoms with E-state index < -0.39 is 17.2 Å². The fourth-order valence-electron chi connectivity index (χ4n) is 3.24. The molecule has 5 rings (SSSR count). The van der Waals surface area contributed by atoms with Crippen LogP contribution < -0.4 is 20.8 Å². The second kappa shape index (κ2) is 11.8. The molecule has 1 unspecified atom stereocenters. The quantitative estimate of drug-likeness (QED) is 0.127. The smallest absolute Gasteiger partial charge is 0.277 e. The standard InChI is InChI=1S/C16H16N4OS.C5H6N4O4S/c17-12-3-1-11(2-4-12)15-18-13-5-10-22-14(13)16(19-15)20-6-8-21-9-7-20;10-4(8-11)3-1-6-5(7-2-3)9-14(12)13/h1-5,10H,6-9,17H2;1-2,11H,(H,8,10)(H,12,13)(H,6,7,9)/p-1. The molecule has 0 spiro atoms. The molecule has 4 heterocycles. The number of thiophene rings is 1. The van der Waals surface area contributed by atoms with Gasteiger partial charge in [-0.05, 0) is 35.7 Å². The fraction of sp³-hybridized carbons (Fsp3) is 0.190. The van der Waals surface area contributed by atoms with E-state index in [1.807, 2.05) is 35.1 Å². The van der Waals surface area contributed by atoms with Crippen molar-refractivity contribution in [1.29, 1.82) is 0 Å². The first-order chi connectivity index (χ1) is 17.4. The van der Waals surface area contributed by atoms with Gasteiger partial charge in [-0.25, -0.2) is 25.4 Å². The summed E-state index contributed by atoms with van der Waals surface area (Å²) in [5, 5.41) is 10.3. The zero-order valence-electron chi connectivity index (χ0n) is 18.7. The van der Waals surface area contributed by atoms with E-state index in [2.05, 4.69) is 20.2 Å². The first kappa shape index (κ1) is 25.3. The topological polar surface area (TPSA) is 192 Å². The summed E-state index contributed by atoms with van der Waals surface area (Å²) in [4.78, 5) is 29.6. The lowest BCUT2D eigenvalue weighted by molar-refractivity contribution is 0.0705. The minimum atomic E-state index is -2.51. The van der Waals surface area contributed by atoms with E-state index in [0.29, 0.717) is 0 Å². The SMILES string of the molecule is Nc1ccc(-c2nc(N3CCOCC3)c3sccc3n2)cc1.O=C(NO)c1cnc(NS(=O)[O-])nc1. The Kier molecular flexibility index (Phi) is 8.29. The summed E-state index contributed by atoms with van der Waals surface area (Å²) in [5.41, 5.74) is 9.87. The van der Waals surface area contributed by atoms with Gasteiger partial charge in [-0.2, -0.15) is 0 Å². The lowest BCUT2D eigenvalue weighted by Crippen LogP contribution is -2.36. The van der Waals surface area contributed by atoms with Gasteiger partial charge in [-0.3, -0.25) is 18.9 Å². The highest BCUT2D eigenvalue weighted by atomic mass is 32.2. The number of anilines is 3. The molecule has 0 radical (unpaired) electrons. The van der Waals surface area contributed by atoms with Crippen LogP contribution in [0.2, 0.25) is 0 Å². The van der Waals surface area contributed by atoms with E-state index in [9.17, 15) is 13.6 Å². The zero-order valence-corrected chi connectivity index (χ0v) is 20.3. The summed E-state index contributed by atoms with van der Waals surface area (Å²) >= 11 is -0.824. The van der Waals surface area contributed by atoms with Gasteiger partial charge < -0.3 is 19.9 Å². The molecule has 0 bridgehead atoms. The summed E-state index contributed by atoms with van der Waals surface area (Å²) < 4.78 is 28.7. The Hall–Kier alpha value is -3.76. The Balaban J connectivity index is 0.000000189. The molecule has 0 saturated carbocycles. The number of hydroxylamine groups is 1. The van der Waals surface area contributed by atoms with Gasteiger partial charge in [-0.15, -0.1) is 11.3 Å². The number of nitrogen functional groups attached to an aromatic ring is 1. The zero-order chi connectivity index (χ0) is 25.5. The molecule has 1 saturated heterocycles. The molecule has 1 aliphatic heterocycles. The normalized spacial score (nSPS) is 14.0. The molecule has 5 N–H and O–H groups in total. The highest BCUT2D eigenvalue weighted by Gasteiger charge is 2.18. The number of hydrogen-bond acceptors (Lipinski definition) is 12. The highest BCUT2D eigenvalue weighted by Crippen LogP contribution is 2.32. The van der Waals surface area contributed by atoms with Crippen LogP contribution in [0.3, 0.4) is 0 Å². The van der Waals surface area contributed by atoms with E-state index in [-0.39, 0.29) is 11.5 Å². The fourth-order valence-corrected chi connectivity index (χ4v) is 4.34. The second-order valence-corrected chi connectivity index (χ2v) is 8.89. The van der Waals surface area contributed by atoms with E-state index >= 15 is 0 Å². The molecule has 1 amide bonds. The molecule has 15 heteroatoms. The van der Waals surface area contributed by atoms with Crippen molar-refractivity contribution in [2.75, 3.05) is 41.7 Å². The van der Waals surface area contributed by atoms with E-state index in [1.54, 1.807) is 11.3 Å². The monoisotopic (exact) mass is 529 g/mol. The Labute approximate surface area is 211 Å². The number of nitrogens with two attached hydrogens (primary N) is 1. The summed E-state index contributed by atoms with van der Waals surface area (Å²) in [6, 6.07) is 9.74. The molecule has 36 heavy (non-hydrogen) atoms. The number of carbonyl (C=O) groups is 1. The van der Waals surface area contributed by atoms with E-state index in [0.717, 1.165) is 71.8 Å². The summed E-state index contributed by atoms with van der Waals surface area (Å²) in [5.74, 6) is 0.815. The van der Waals surface area contributed by atoms with Gasteiger partial charge >= 0.3 is 0 Å². The van der Waals surface area contributed by atoms with Crippen LogP contribution in [0.5, 0.6) is 0 Å². The van der Waals surface area contributed by atoms with Crippen molar-refractivity contribution in [2.24, 2.45) is 0 Å². The predicted octanol–water partition coefficient (Wildman–Crippen LogP) is 1.58. The molecule has 13 nitrogen and oxygen atoms in total. The molecule has 1 fully saturated rings. The first-order valence-corrected chi connectivity index (χ1v) is 12.5. The van der Waals surface area contributed by atoms with Gasteiger partial charge in [0.2, 0.25) is 5.95 Å². The van der Waals surface area contributed by atoms with Crippen molar-refractivity contribution in [1.82, 2.24) is 25.4 Å². The number of ether oxygens (including phenoxy) is 1. The third-order valence-corrected chi connectivity index (χ3v) is 6.20.